The molecule has 0 saturated carbocycles. The minimum absolute atomic E-state index is 0.104. The highest BCUT2D eigenvalue weighted by molar-refractivity contribution is 5.71. The highest BCUT2D eigenvalue weighted by Crippen LogP contribution is 2.13. The van der Waals surface area contributed by atoms with Gasteiger partial charge in [0.1, 0.15) is 13.2 Å². The number of rotatable bonds is 52. The van der Waals surface area contributed by atoms with Gasteiger partial charge in [-0.05, 0) is 135 Å². The van der Waals surface area contributed by atoms with Gasteiger partial charge < -0.3 is 14.2 Å². The van der Waals surface area contributed by atoms with Gasteiger partial charge in [-0.1, -0.05) is 231 Å². The highest BCUT2D eigenvalue weighted by atomic mass is 16.6. The van der Waals surface area contributed by atoms with E-state index in [2.05, 4.69) is 154 Å². The van der Waals surface area contributed by atoms with Crippen LogP contribution in [0.3, 0.4) is 0 Å². The fourth-order valence-electron chi connectivity index (χ4n) is 7.72. The molecule has 0 aromatic carbocycles. The van der Waals surface area contributed by atoms with Crippen molar-refractivity contribution in [3.05, 3.63) is 134 Å². The smallest absolute Gasteiger partial charge is 0.306 e. The van der Waals surface area contributed by atoms with E-state index in [0.717, 1.165) is 161 Å². The van der Waals surface area contributed by atoms with E-state index in [1.165, 1.54) is 51.4 Å². The first-order chi connectivity index (χ1) is 36.0. The number of ether oxygens (including phenoxy) is 3. The van der Waals surface area contributed by atoms with Crippen LogP contribution in [0.15, 0.2) is 134 Å². The molecule has 0 fully saturated rings. The van der Waals surface area contributed by atoms with Crippen LogP contribution in [0.25, 0.3) is 0 Å². The molecule has 0 amide bonds. The van der Waals surface area contributed by atoms with E-state index in [1.807, 2.05) is 0 Å². The summed E-state index contributed by atoms with van der Waals surface area (Å²) in [4.78, 5) is 38.2. The second-order valence-electron chi connectivity index (χ2n) is 19.1. The van der Waals surface area contributed by atoms with E-state index in [0.29, 0.717) is 19.3 Å². The van der Waals surface area contributed by atoms with Gasteiger partial charge in [0, 0.05) is 19.3 Å². The van der Waals surface area contributed by atoms with Crippen molar-refractivity contribution in [3.63, 3.8) is 0 Å². The van der Waals surface area contributed by atoms with Gasteiger partial charge in [0.25, 0.3) is 0 Å². The second-order valence-corrected chi connectivity index (χ2v) is 19.1. The Bertz CT molecular complexity index is 1580. The first-order valence-corrected chi connectivity index (χ1v) is 29.7. The average molecular weight is 1010 g/mol. The molecule has 0 aliphatic heterocycles. The lowest BCUT2D eigenvalue weighted by molar-refractivity contribution is -0.167. The summed E-state index contributed by atoms with van der Waals surface area (Å²) in [6, 6.07) is 0. The van der Waals surface area contributed by atoms with Crippen LogP contribution in [-0.2, 0) is 28.6 Å². The van der Waals surface area contributed by atoms with Crippen molar-refractivity contribution in [1.82, 2.24) is 0 Å². The second kappa shape index (κ2) is 60.1. The predicted octanol–water partition coefficient (Wildman–Crippen LogP) is 20.2. The Hall–Kier alpha value is -4.45. The third kappa shape index (κ3) is 58.3. The first kappa shape index (κ1) is 68.6. The molecule has 73 heavy (non-hydrogen) atoms. The van der Waals surface area contributed by atoms with Crippen molar-refractivity contribution in [2.45, 2.75) is 258 Å². The lowest BCUT2D eigenvalue weighted by Crippen LogP contribution is -2.30. The largest absolute Gasteiger partial charge is 0.462 e. The van der Waals surface area contributed by atoms with E-state index in [-0.39, 0.29) is 31.1 Å². The van der Waals surface area contributed by atoms with Crippen LogP contribution in [0.1, 0.15) is 252 Å². The molecule has 0 aromatic heterocycles. The molecule has 0 saturated heterocycles. The summed E-state index contributed by atoms with van der Waals surface area (Å²) in [6.07, 6.45) is 84.4. The molecule has 0 aliphatic rings. The normalized spacial score (nSPS) is 13.1. The fraction of sp³-hybridized carbons (Fsp3) is 0.627. The van der Waals surface area contributed by atoms with Gasteiger partial charge in [0.15, 0.2) is 6.10 Å². The third-order valence-electron chi connectivity index (χ3n) is 12.1. The van der Waals surface area contributed by atoms with Gasteiger partial charge in [0.05, 0.1) is 0 Å². The van der Waals surface area contributed by atoms with Crippen molar-refractivity contribution in [3.8, 4) is 0 Å². The van der Waals surface area contributed by atoms with Gasteiger partial charge in [-0.25, -0.2) is 0 Å². The van der Waals surface area contributed by atoms with Gasteiger partial charge >= 0.3 is 17.9 Å². The zero-order valence-corrected chi connectivity index (χ0v) is 47.1. The monoisotopic (exact) mass is 1010 g/mol. The number of carbonyl (C=O) groups excluding carboxylic acids is 3. The molecule has 1 atom stereocenters. The quantitative estimate of drug-likeness (QED) is 0.0261. The van der Waals surface area contributed by atoms with Crippen molar-refractivity contribution in [2.75, 3.05) is 13.2 Å². The summed E-state index contributed by atoms with van der Waals surface area (Å²) < 4.78 is 16.8. The zero-order chi connectivity index (χ0) is 52.9. The summed E-state index contributed by atoms with van der Waals surface area (Å²) in [5.41, 5.74) is 0. The lowest BCUT2D eigenvalue weighted by atomic mass is 10.1. The number of hydrogen-bond donors (Lipinski definition) is 0. The van der Waals surface area contributed by atoms with Gasteiger partial charge in [0.2, 0.25) is 0 Å². The summed E-state index contributed by atoms with van der Waals surface area (Å²) in [5, 5.41) is 0. The SMILES string of the molecule is CC/C=C\C/C=C\C/C=C\C/C=C\C/C=C\C/C=C\C/C=C\CCCCCC(=O)OCC(COC(=O)CCCCCCC/C=C\CCCCCCCC)OC(=O)CCCCCCC/C=C\C/C=C\C/C=C\CC. The predicted molar refractivity (Wildman–Crippen MR) is 316 cm³/mol. The molecule has 412 valence electrons. The highest BCUT2D eigenvalue weighted by Gasteiger charge is 2.19. The molecule has 0 bridgehead atoms. The maximum Gasteiger partial charge on any atom is 0.306 e. The van der Waals surface area contributed by atoms with Crippen LogP contribution >= 0.6 is 0 Å². The maximum atomic E-state index is 12.9. The Kier molecular flexibility index (Phi) is 56.4. The Morgan fingerprint density at radius 1 is 0.288 bits per heavy atom. The van der Waals surface area contributed by atoms with Crippen molar-refractivity contribution >= 4 is 17.9 Å². The molecule has 6 heteroatoms. The Balaban J connectivity index is 4.47. The number of carbonyl (C=O) groups is 3. The number of allylic oxidation sites excluding steroid dienone is 22. The maximum absolute atomic E-state index is 12.9. The van der Waals surface area contributed by atoms with E-state index in [9.17, 15) is 14.4 Å². The van der Waals surface area contributed by atoms with Crippen LogP contribution in [0.2, 0.25) is 0 Å². The molecular formula is C67H108O6. The molecular weight excluding hydrogens is 901 g/mol. The zero-order valence-electron chi connectivity index (χ0n) is 47.1. The molecule has 0 radical (unpaired) electrons. The molecule has 0 heterocycles. The molecule has 6 nitrogen and oxygen atoms in total. The van der Waals surface area contributed by atoms with E-state index in [1.54, 1.807) is 0 Å². The number of esters is 3. The van der Waals surface area contributed by atoms with Crippen LogP contribution in [-0.4, -0.2) is 37.2 Å². The summed E-state index contributed by atoms with van der Waals surface area (Å²) in [5.74, 6) is -0.966. The molecule has 0 spiro atoms. The van der Waals surface area contributed by atoms with Crippen LogP contribution in [0.5, 0.6) is 0 Å². The van der Waals surface area contributed by atoms with E-state index < -0.39 is 6.10 Å². The van der Waals surface area contributed by atoms with Crippen LogP contribution in [0.4, 0.5) is 0 Å². The van der Waals surface area contributed by atoms with E-state index >= 15 is 0 Å². The minimum atomic E-state index is -0.810. The summed E-state index contributed by atoms with van der Waals surface area (Å²) >= 11 is 0. The topological polar surface area (TPSA) is 78.9 Å². The number of unbranched alkanes of at least 4 members (excludes halogenated alkanes) is 19. The Labute approximate surface area is 449 Å². The molecule has 0 N–H and O–H groups in total. The van der Waals surface area contributed by atoms with Crippen molar-refractivity contribution in [1.29, 1.82) is 0 Å². The number of hydrogen-bond acceptors (Lipinski definition) is 6. The first-order valence-electron chi connectivity index (χ1n) is 29.7. The van der Waals surface area contributed by atoms with Gasteiger partial charge in [-0.2, -0.15) is 0 Å². The standard InChI is InChI=1S/C67H108O6/c1-4-7-10-13-16-19-22-25-28-29-30-31-32-33-34-35-36-37-40-42-45-48-51-54-57-60-66(69)72-63-64(73-67(70)61-58-55-52-49-46-43-39-27-24-21-18-15-12-9-6-3)62-71-65(68)59-56-53-50-47-44-41-38-26-23-20-17-14-11-8-5-2/h7,9-10,12,16,18-19,21,25-28,30-31,33-34,36-39,42,45,64H,4-6,8,11,13-15,17,20,22-24,29,32,35,40-41,43-44,46-63H2,1-3H3/b10-7-,12-9-,19-16-,21-18-,28-25-,31-30-,34-33-,37-36-,38-26-,39-27-,45-42-. The van der Waals surface area contributed by atoms with E-state index in [4.69, 9.17) is 14.2 Å². The molecule has 0 aromatic rings. The summed E-state index contributed by atoms with van der Waals surface area (Å²) in [6.45, 7) is 6.35. The third-order valence-corrected chi connectivity index (χ3v) is 12.1. The minimum Gasteiger partial charge on any atom is -0.462 e. The Morgan fingerprint density at radius 3 is 0.863 bits per heavy atom. The van der Waals surface area contributed by atoms with Crippen LogP contribution in [0, 0.1) is 0 Å². The van der Waals surface area contributed by atoms with Crippen LogP contribution < -0.4 is 0 Å². The van der Waals surface area contributed by atoms with Gasteiger partial charge in [-0.3, -0.25) is 14.4 Å². The Morgan fingerprint density at radius 2 is 0.534 bits per heavy atom. The molecule has 0 aliphatic carbocycles. The molecule has 1 unspecified atom stereocenters. The summed E-state index contributed by atoms with van der Waals surface area (Å²) in [7, 11) is 0. The average Bonchev–Trinajstić information content (AvgIpc) is 3.39. The van der Waals surface area contributed by atoms with Gasteiger partial charge in [-0.15, -0.1) is 0 Å². The lowest BCUT2D eigenvalue weighted by Gasteiger charge is -2.18. The fourth-order valence-corrected chi connectivity index (χ4v) is 7.72. The van der Waals surface area contributed by atoms with Crippen molar-refractivity contribution < 1.29 is 28.6 Å². The molecule has 0 rings (SSSR count). The van der Waals surface area contributed by atoms with Crippen molar-refractivity contribution in [2.24, 2.45) is 0 Å².